The van der Waals surface area contributed by atoms with Crippen LogP contribution in [0.15, 0.2) is 42.5 Å². The van der Waals surface area contributed by atoms with Crippen LogP contribution in [0.1, 0.15) is 62.6 Å². The molecule has 0 spiro atoms. The first-order valence-corrected chi connectivity index (χ1v) is 14.4. The van der Waals surface area contributed by atoms with Crippen LogP contribution in [0.25, 0.3) is 0 Å². The smallest absolute Gasteiger partial charge is 0.161 e. The molecule has 2 aromatic rings. The van der Waals surface area contributed by atoms with Gasteiger partial charge in [0, 0.05) is 42.7 Å². The summed E-state index contributed by atoms with van der Waals surface area (Å²) in [5, 5.41) is 11.8. The Morgan fingerprint density at radius 2 is 1.89 bits per heavy atom. The highest BCUT2D eigenvalue weighted by atomic mass is 16.5. The summed E-state index contributed by atoms with van der Waals surface area (Å²) in [5.41, 5.74) is 4.27. The zero-order chi connectivity index (χ0) is 24.7. The molecule has 1 N–H and O–H groups in total. The summed E-state index contributed by atoms with van der Waals surface area (Å²) in [6.45, 7) is 9.68. The first kappa shape index (κ1) is 23.1. The lowest BCUT2D eigenvalue weighted by atomic mass is 9.47. The zero-order valence-electron chi connectivity index (χ0n) is 22.2. The van der Waals surface area contributed by atoms with Crippen LogP contribution in [0.3, 0.4) is 0 Å². The molecule has 0 radical (unpaired) electrons. The fourth-order valence-electron chi connectivity index (χ4n) is 9.83. The van der Waals surface area contributed by atoms with Crippen LogP contribution in [0, 0.1) is 23.2 Å². The molecule has 192 valence electrons. The number of piperidine rings is 1. The highest BCUT2D eigenvalue weighted by molar-refractivity contribution is 5.59. The average molecular weight is 487 g/mol. The molecule has 2 aliphatic heterocycles. The Labute approximate surface area is 216 Å². The highest BCUT2D eigenvalue weighted by Crippen LogP contribution is 2.72. The van der Waals surface area contributed by atoms with E-state index in [0.29, 0.717) is 35.4 Å². The molecular formula is C32H42N2O2. The van der Waals surface area contributed by atoms with E-state index in [1.54, 1.807) is 7.11 Å². The molecular weight excluding hydrogens is 444 g/mol. The van der Waals surface area contributed by atoms with Crippen molar-refractivity contribution in [2.75, 3.05) is 26.7 Å². The number of rotatable bonds is 6. The summed E-state index contributed by atoms with van der Waals surface area (Å²) in [7, 11) is 1.70. The number of fused-ring (bicyclic) bond motifs is 2. The van der Waals surface area contributed by atoms with Crippen molar-refractivity contribution in [3.63, 3.8) is 0 Å². The number of likely N-dealkylation sites (tertiary alicyclic amines) is 2. The molecule has 0 amide bonds. The lowest BCUT2D eigenvalue weighted by Gasteiger charge is -2.63. The van der Waals surface area contributed by atoms with E-state index in [0.717, 1.165) is 25.3 Å². The molecule has 0 aromatic heterocycles. The molecule has 3 aliphatic carbocycles. The Kier molecular flexibility index (Phi) is 5.28. The van der Waals surface area contributed by atoms with Gasteiger partial charge in [-0.05, 0) is 85.4 Å². The van der Waals surface area contributed by atoms with E-state index in [-0.39, 0.29) is 10.8 Å². The molecule has 2 heterocycles. The predicted molar refractivity (Wildman–Crippen MR) is 143 cm³/mol. The van der Waals surface area contributed by atoms with Gasteiger partial charge < -0.3 is 9.84 Å². The third-order valence-corrected chi connectivity index (χ3v) is 11.2. The summed E-state index contributed by atoms with van der Waals surface area (Å²) >= 11 is 0. The lowest BCUT2D eigenvalue weighted by molar-refractivity contribution is -0.0658. The number of phenolic OH excluding ortho intramolecular Hbond substituents is 1. The summed E-state index contributed by atoms with van der Waals surface area (Å²) < 4.78 is 5.70. The Morgan fingerprint density at radius 3 is 2.61 bits per heavy atom. The number of benzene rings is 2. The summed E-state index contributed by atoms with van der Waals surface area (Å²) in [6, 6.07) is 16.4. The summed E-state index contributed by atoms with van der Waals surface area (Å²) in [4.78, 5) is 5.67. The van der Waals surface area contributed by atoms with Crippen molar-refractivity contribution >= 4 is 0 Å². The number of aromatic hydroxyl groups is 1. The third-order valence-electron chi connectivity index (χ3n) is 11.2. The number of hydrogen-bond donors (Lipinski definition) is 1. The van der Waals surface area contributed by atoms with Crippen LogP contribution < -0.4 is 4.74 Å². The van der Waals surface area contributed by atoms with E-state index in [2.05, 4.69) is 60.0 Å². The van der Waals surface area contributed by atoms with Crippen molar-refractivity contribution in [2.24, 2.45) is 23.2 Å². The standard InChI is InChI=1S/C32H42N2O2/c1-4-25-28-24(20-34(25)19-21-8-6-5-7-9-21)17-31(2)27-16-23-12-13-26(36-3)30(35)29(23)32(28,31)14-15-33(27)18-22-10-11-22/h5-9,12-13,22,24-25,27-28,35H,4,10-11,14-20H2,1-3H3/t24-,25?,27?,28?,31?,32?/m0/s1. The van der Waals surface area contributed by atoms with Crippen molar-refractivity contribution in [3.8, 4) is 11.5 Å². The SMILES string of the molecule is CCC1C2[C@H](CN1Cc1ccccc1)CC1(C)C3Cc4ccc(OC)c(O)c4C21CCN3CC1CC1. The van der Waals surface area contributed by atoms with Gasteiger partial charge in [0.1, 0.15) is 0 Å². The molecule has 5 unspecified atom stereocenters. The lowest BCUT2D eigenvalue weighted by Crippen LogP contribution is -2.66. The van der Waals surface area contributed by atoms with Gasteiger partial charge in [-0.3, -0.25) is 9.80 Å². The van der Waals surface area contributed by atoms with E-state index >= 15 is 0 Å². The molecule has 2 bridgehead atoms. The highest BCUT2D eigenvalue weighted by Gasteiger charge is 2.72. The van der Waals surface area contributed by atoms with Crippen molar-refractivity contribution in [1.29, 1.82) is 0 Å². The van der Waals surface area contributed by atoms with Gasteiger partial charge in [0.25, 0.3) is 0 Å². The van der Waals surface area contributed by atoms with E-state index < -0.39 is 0 Å². The maximum Gasteiger partial charge on any atom is 0.161 e. The van der Waals surface area contributed by atoms with Crippen LogP contribution in [0.5, 0.6) is 11.5 Å². The topological polar surface area (TPSA) is 35.9 Å². The number of phenols is 1. The Hall–Kier alpha value is -2.04. The molecule has 4 fully saturated rings. The van der Waals surface area contributed by atoms with E-state index in [9.17, 15) is 5.11 Å². The van der Waals surface area contributed by atoms with Gasteiger partial charge in [-0.25, -0.2) is 0 Å². The van der Waals surface area contributed by atoms with Crippen molar-refractivity contribution in [2.45, 2.75) is 76.4 Å². The first-order valence-electron chi connectivity index (χ1n) is 14.4. The second-order valence-corrected chi connectivity index (χ2v) is 12.8. The maximum atomic E-state index is 11.8. The Bertz CT molecular complexity index is 1150. The molecule has 7 rings (SSSR count). The Balaban J connectivity index is 1.35. The molecule has 4 nitrogen and oxygen atoms in total. The minimum absolute atomic E-state index is 0.0146. The van der Waals surface area contributed by atoms with Gasteiger partial charge in [0.2, 0.25) is 0 Å². The van der Waals surface area contributed by atoms with E-state index in [1.807, 2.05) is 6.07 Å². The molecule has 5 aliphatic rings. The fraction of sp³-hybridized carbons (Fsp3) is 0.625. The summed E-state index contributed by atoms with van der Waals surface area (Å²) in [6.07, 6.45) is 7.51. The van der Waals surface area contributed by atoms with Crippen LogP contribution in [-0.2, 0) is 18.4 Å². The monoisotopic (exact) mass is 486 g/mol. The van der Waals surface area contributed by atoms with E-state index in [4.69, 9.17) is 4.74 Å². The Morgan fingerprint density at radius 1 is 1.08 bits per heavy atom. The average Bonchev–Trinajstić information content (AvgIpc) is 3.56. The largest absolute Gasteiger partial charge is 0.504 e. The molecule has 4 heteroatoms. The second kappa shape index (κ2) is 8.23. The predicted octanol–water partition coefficient (Wildman–Crippen LogP) is 5.62. The van der Waals surface area contributed by atoms with Gasteiger partial charge in [0.15, 0.2) is 11.5 Å². The van der Waals surface area contributed by atoms with Crippen LogP contribution in [-0.4, -0.2) is 53.7 Å². The quantitative estimate of drug-likeness (QED) is 0.575. The normalized spacial score (nSPS) is 37.4. The van der Waals surface area contributed by atoms with Crippen LogP contribution in [0.2, 0.25) is 0 Å². The number of hydrogen-bond acceptors (Lipinski definition) is 4. The summed E-state index contributed by atoms with van der Waals surface area (Å²) in [5.74, 6) is 3.27. The third kappa shape index (κ3) is 3.07. The fourth-order valence-corrected chi connectivity index (χ4v) is 9.83. The zero-order valence-corrected chi connectivity index (χ0v) is 22.2. The molecule has 6 atom stereocenters. The van der Waals surface area contributed by atoms with Gasteiger partial charge in [-0.1, -0.05) is 50.2 Å². The van der Waals surface area contributed by atoms with Gasteiger partial charge in [0.05, 0.1) is 7.11 Å². The minimum atomic E-state index is 0.0146. The van der Waals surface area contributed by atoms with E-state index in [1.165, 1.54) is 62.0 Å². The molecule has 36 heavy (non-hydrogen) atoms. The van der Waals surface area contributed by atoms with Crippen molar-refractivity contribution in [3.05, 3.63) is 59.2 Å². The van der Waals surface area contributed by atoms with Gasteiger partial charge in [-0.2, -0.15) is 0 Å². The first-order chi connectivity index (χ1) is 17.5. The maximum absolute atomic E-state index is 11.8. The molecule has 2 saturated carbocycles. The molecule has 2 aromatic carbocycles. The van der Waals surface area contributed by atoms with Gasteiger partial charge in [-0.15, -0.1) is 0 Å². The number of methoxy groups -OCH3 is 1. The van der Waals surface area contributed by atoms with Crippen molar-refractivity contribution in [1.82, 2.24) is 9.80 Å². The van der Waals surface area contributed by atoms with Gasteiger partial charge >= 0.3 is 0 Å². The second-order valence-electron chi connectivity index (χ2n) is 12.8. The molecule has 2 saturated heterocycles. The van der Waals surface area contributed by atoms with Crippen LogP contribution >= 0.6 is 0 Å². The van der Waals surface area contributed by atoms with Crippen LogP contribution in [0.4, 0.5) is 0 Å². The van der Waals surface area contributed by atoms with Crippen molar-refractivity contribution < 1.29 is 9.84 Å². The number of ether oxygens (including phenoxy) is 1. The number of nitrogens with zero attached hydrogens (tertiary/aromatic N) is 2. The minimum Gasteiger partial charge on any atom is -0.504 e.